The second-order valence-electron chi connectivity index (χ2n) is 7.53. The summed E-state index contributed by atoms with van der Waals surface area (Å²) in [5, 5.41) is 3.72. The first-order chi connectivity index (χ1) is 9.88. The van der Waals surface area contributed by atoms with Gasteiger partial charge in [0, 0.05) is 12.2 Å². The minimum atomic E-state index is 0.144. The van der Waals surface area contributed by atoms with Crippen LogP contribution in [0, 0.1) is 11.3 Å². The van der Waals surface area contributed by atoms with Gasteiger partial charge in [0.15, 0.2) is 0 Å². The maximum Gasteiger partial charge on any atom is 0.237 e. The summed E-state index contributed by atoms with van der Waals surface area (Å²) in [5.41, 5.74) is 1.37. The van der Waals surface area contributed by atoms with Crippen molar-refractivity contribution in [2.75, 3.05) is 5.32 Å². The van der Waals surface area contributed by atoms with Crippen molar-refractivity contribution < 1.29 is 4.74 Å². The number of anilines is 1. The van der Waals surface area contributed by atoms with E-state index in [1.807, 2.05) is 19.9 Å². The number of aromatic nitrogens is 1. The van der Waals surface area contributed by atoms with Crippen molar-refractivity contribution in [3.05, 3.63) is 18.3 Å². The lowest BCUT2D eigenvalue weighted by Gasteiger charge is -2.41. The highest BCUT2D eigenvalue weighted by atomic mass is 16.5. The van der Waals surface area contributed by atoms with Crippen LogP contribution in [0.15, 0.2) is 18.3 Å². The van der Waals surface area contributed by atoms with Crippen LogP contribution in [0.3, 0.4) is 0 Å². The number of hydrogen-bond donors (Lipinski definition) is 1. The van der Waals surface area contributed by atoms with Crippen molar-refractivity contribution in [3.8, 4) is 5.88 Å². The van der Waals surface area contributed by atoms with Crippen LogP contribution in [0.1, 0.15) is 60.3 Å². The van der Waals surface area contributed by atoms with Crippen LogP contribution in [0.5, 0.6) is 5.88 Å². The van der Waals surface area contributed by atoms with E-state index in [0.29, 0.717) is 17.4 Å². The third kappa shape index (κ3) is 4.36. The highest BCUT2D eigenvalue weighted by Crippen LogP contribution is 2.40. The van der Waals surface area contributed by atoms with E-state index < -0.39 is 0 Å². The molecule has 1 heterocycles. The van der Waals surface area contributed by atoms with Gasteiger partial charge in [-0.2, -0.15) is 0 Å². The van der Waals surface area contributed by atoms with E-state index in [2.05, 4.69) is 37.1 Å². The highest BCUT2D eigenvalue weighted by Gasteiger charge is 2.34. The Morgan fingerprint density at radius 3 is 2.62 bits per heavy atom. The number of pyridine rings is 1. The Morgan fingerprint density at radius 2 is 1.95 bits per heavy atom. The van der Waals surface area contributed by atoms with E-state index in [9.17, 15) is 0 Å². The Hall–Kier alpha value is -1.25. The Labute approximate surface area is 129 Å². The van der Waals surface area contributed by atoms with Crippen LogP contribution in [-0.4, -0.2) is 17.1 Å². The number of ether oxygens (including phenoxy) is 1. The summed E-state index contributed by atoms with van der Waals surface area (Å²) in [5.74, 6) is 1.42. The third-order valence-corrected chi connectivity index (χ3v) is 4.34. The molecule has 0 saturated heterocycles. The largest absolute Gasteiger partial charge is 0.473 e. The zero-order valence-corrected chi connectivity index (χ0v) is 14.1. The predicted octanol–water partition coefficient (Wildman–Crippen LogP) is 4.89. The summed E-state index contributed by atoms with van der Waals surface area (Å²) in [6.45, 7) is 11.1. The molecule has 21 heavy (non-hydrogen) atoms. The predicted molar refractivity (Wildman–Crippen MR) is 88.8 cm³/mol. The number of rotatable bonds is 4. The molecule has 1 saturated carbocycles. The van der Waals surface area contributed by atoms with E-state index in [0.717, 1.165) is 11.6 Å². The van der Waals surface area contributed by atoms with E-state index in [-0.39, 0.29) is 6.10 Å². The molecule has 3 heteroatoms. The van der Waals surface area contributed by atoms with Crippen LogP contribution in [0.25, 0.3) is 0 Å². The van der Waals surface area contributed by atoms with Gasteiger partial charge in [-0.3, -0.25) is 0 Å². The molecule has 3 nitrogen and oxygen atoms in total. The summed E-state index contributed by atoms with van der Waals surface area (Å²) in [6, 6.07) is 4.57. The summed E-state index contributed by atoms with van der Waals surface area (Å²) < 4.78 is 5.83. The number of nitrogens with one attached hydrogen (secondary N) is 1. The summed E-state index contributed by atoms with van der Waals surface area (Å²) in [7, 11) is 0. The van der Waals surface area contributed by atoms with Gasteiger partial charge in [-0.15, -0.1) is 0 Å². The molecule has 0 bridgehead atoms. The van der Waals surface area contributed by atoms with Crippen molar-refractivity contribution in [1.29, 1.82) is 0 Å². The molecule has 118 valence electrons. The Morgan fingerprint density at radius 1 is 1.24 bits per heavy atom. The van der Waals surface area contributed by atoms with E-state index in [4.69, 9.17) is 4.74 Å². The van der Waals surface area contributed by atoms with Crippen molar-refractivity contribution in [3.63, 3.8) is 0 Å². The second-order valence-corrected chi connectivity index (χ2v) is 7.53. The van der Waals surface area contributed by atoms with Gasteiger partial charge in [0.05, 0.1) is 11.8 Å². The third-order valence-electron chi connectivity index (χ3n) is 4.34. The first-order valence-electron chi connectivity index (χ1n) is 8.26. The van der Waals surface area contributed by atoms with Gasteiger partial charge >= 0.3 is 0 Å². The molecular formula is C18H30N2O. The molecule has 1 fully saturated rings. The topological polar surface area (TPSA) is 34.1 Å². The summed E-state index contributed by atoms with van der Waals surface area (Å²) in [4.78, 5) is 4.39. The molecule has 1 aliphatic rings. The average molecular weight is 290 g/mol. The van der Waals surface area contributed by atoms with Crippen molar-refractivity contribution in [1.82, 2.24) is 4.98 Å². The van der Waals surface area contributed by atoms with E-state index >= 15 is 0 Å². The number of hydrogen-bond acceptors (Lipinski definition) is 3. The molecule has 1 aromatic heterocycles. The normalized spacial score (nSPS) is 23.1. The summed E-state index contributed by atoms with van der Waals surface area (Å²) >= 11 is 0. The van der Waals surface area contributed by atoms with E-state index in [1.165, 1.54) is 25.7 Å². The molecule has 0 radical (unpaired) electrons. The van der Waals surface area contributed by atoms with Crippen LogP contribution in [0.4, 0.5) is 5.69 Å². The Bertz CT molecular complexity index is 451. The highest BCUT2D eigenvalue weighted by molar-refractivity contribution is 5.53. The SMILES string of the molecule is CC(C)Oc1ncccc1NC1CCCCC1C(C)(C)C. The molecule has 1 N–H and O–H groups in total. The lowest BCUT2D eigenvalue weighted by atomic mass is 9.69. The van der Waals surface area contributed by atoms with Gasteiger partial charge in [0.2, 0.25) is 5.88 Å². The van der Waals surface area contributed by atoms with Crippen molar-refractivity contribution in [2.24, 2.45) is 11.3 Å². The van der Waals surface area contributed by atoms with E-state index in [1.54, 1.807) is 6.20 Å². The minimum absolute atomic E-state index is 0.144. The number of nitrogens with zero attached hydrogens (tertiary/aromatic N) is 1. The molecule has 2 rings (SSSR count). The van der Waals surface area contributed by atoms with Crippen LogP contribution in [-0.2, 0) is 0 Å². The quantitative estimate of drug-likeness (QED) is 0.857. The Kier molecular flexibility index (Phi) is 5.13. The van der Waals surface area contributed by atoms with Gasteiger partial charge < -0.3 is 10.1 Å². The monoisotopic (exact) mass is 290 g/mol. The lowest BCUT2D eigenvalue weighted by molar-refractivity contribution is 0.162. The molecule has 1 aliphatic carbocycles. The lowest BCUT2D eigenvalue weighted by Crippen LogP contribution is -2.39. The van der Waals surface area contributed by atoms with Crippen molar-refractivity contribution >= 4 is 5.69 Å². The molecule has 0 aliphatic heterocycles. The zero-order chi connectivity index (χ0) is 15.5. The zero-order valence-electron chi connectivity index (χ0n) is 14.1. The minimum Gasteiger partial charge on any atom is -0.473 e. The molecule has 1 aromatic rings. The fraction of sp³-hybridized carbons (Fsp3) is 0.722. The molecule has 2 atom stereocenters. The Balaban J connectivity index is 2.16. The fourth-order valence-electron chi connectivity index (χ4n) is 3.36. The first-order valence-corrected chi connectivity index (χ1v) is 8.26. The molecule has 0 aromatic carbocycles. The van der Waals surface area contributed by atoms with Gasteiger partial charge in [-0.25, -0.2) is 4.98 Å². The molecule has 0 amide bonds. The smallest absolute Gasteiger partial charge is 0.237 e. The maximum atomic E-state index is 5.83. The second kappa shape index (κ2) is 6.67. The average Bonchev–Trinajstić information content (AvgIpc) is 2.40. The molecule has 0 spiro atoms. The van der Waals surface area contributed by atoms with Gasteiger partial charge in [0.25, 0.3) is 0 Å². The van der Waals surface area contributed by atoms with Crippen LogP contribution in [0.2, 0.25) is 0 Å². The molecule has 2 unspecified atom stereocenters. The summed E-state index contributed by atoms with van der Waals surface area (Å²) in [6.07, 6.45) is 7.14. The fourth-order valence-corrected chi connectivity index (χ4v) is 3.36. The maximum absolute atomic E-state index is 5.83. The van der Waals surface area contributed by atoms with Gasteiger partial charge in [-0.1, -0.05) is 33.6 Å². The van der Waals surface area contributed by atoms with Crippen molar-refractivity contribution in [2.45, 2.75) is 72.4 Å². The molecular weight excluding hydrogens is 260 g/mol. The van der Waals surface area contributed by atoms with Gasteiger partial charge in [-0.05, 0) is 50.2 Å². The van der Waals surface area contributed by atoms with Crippen LogP contribution < -0.4 is 10.1 Å². The van der Waals surface area contributed by atoms with Gasteiger partial charge in [0.1, 0.15) is 0 Å². The van der Waals surface area contributed by atoms with Crippen LogP contribution >= 0.6 is 0 Å². The first kappa shape index (κ1) is 16.1. The standard InChI is InChI=1S/C18H30N2O/c1-13(2)21-17-16(11-8-12-19-17)20-15-10-7-6-9-14(15)18(3,4)5/h8,11-15,20H,6-7,9-10H2,1-5H3.